The number of likely N-dealkylation sites (tertiary alicyclic amines) is 1. The number of nitrogens with one attached hydrogen (secondary N) is 2. The van der Waals surface area contributed by atoms with E-state index in [1.165, 1.54) is 29.9 Å². The van der Waals surface area contributed by atoms with Crippen molar-refractivity contribution < 1.29 is 13.2 Å². The molecule has 170 valence electrons. The molecule has 2 unspecified atom stereocenters. The van der Waals surface area contributed by atoms with Crippen LogP contribution in [0.15, 0.2) is 46.7 Å². The molecule has 1 fully saturated rings. The van der Waals surface area contributed by atoms with Crippen molar-refractivity contribution in [2.75, 3.05) is 19.6 Å². The van der Waals surface area contributed by atoms with E-state index in [1.54, 1.807) is 12.1 Å². The van der Waals surface area contributed by atoms with Gasteiger partial charge in [0, 0.05) is 42.2 Å². The Balaban J connectivity index is 1.63. The van der Waals surface area contributed by atoms with E-state index in [0.717, 1.165) is 18.0 Å². The molecule has 0 bridgehead atoms. The predicted octanol–water partition coefficient (Wildman–Crippen LogP) is 3.71. The largest absolute Gasteiger partial charge is 0.350 e. The summed E-state index contributed by atoms with van der Waals surface area (Å²) in [7, 11) is -3.70. The first-order valence-corrected chi connectivity index (χ1v) is 13.1. The highest BCUT2D eigenvalue weighted by Crippen LogP contribution is 2.27. The van der Waals surface area contributed by atoms with Crippen LogP contribution in [0.3, 0.4) is 0 Å². The van der Waals surface area contributed by atoms with Gasteiger partial charge in [0.05, 0.1) is 4.90 Å². The van der Waals surface area contributed by atoms with E-state index >= 15 is 0 Å². The molecule has 2 heterocycles. The molecule has 2 atom stereocenters. The maximum atomic E-state index is 12.8. The molecule has 1 aliphatic heterocycles. The van der Waals surface area contributed by atoms with Gasteiger partial charge in [-0.3, -0.25) is 9.69 Å². The standard InChI is InChI=1S/C23H33N3O3S2/c1-17-11-18(2)15-26(14-17)23(3,4)16-24-22(27)19-7-5-9-21(12-19)31(28,29)25-13-20-8-6-10-30-20/h5-10,12,17-18,25H,11,13-16H2,1-4H3,(H,24,27). The fourth-order valence-electron chi connectivity index (χ4n) is 4.13. The van der Waals surface area contributed by atoms with E-state index in [1.807, 2.05) is 17.5 Å². The lowest BCUT2D eigenvalue weighted by Gasteiger charge is -2.45. The van der Waals surface area contributed by atoms with Crippen LogP contribution < -0.4 is 10.0 Å². The highest BCUT2D eigenvalue weighted by atomic mass is 32.2. The van der Waals surface area contributed by atoms with Gasteiger partial charge in [-0.15, -0.1) is 11.3 Å². The van der Waals surface area contributed by atoms with Gasteiger partial charge < -0.3 is 5.32 Å². The van der Waals surface area contributed by atoms with Crippen molar-refractivity contribution in [1.82, 2.24) is 14.9 Å². The Morgan fingerprint density at radius 2 is 1.87 bits per heavy atom. The highest BCUT2D eigenvalue weighted by Gasteiger charge is 2.33. The number of carbonyl (C=O) groups excluding carboxylic acids is 1. The van der Waals surface area contributed by atoms with E-state index in [9.17, 15) is 13.2 Å². The summed E-state index contributed by atoms with van der Waals surface area (Å²) in [6.45, 7) is 11.6. The number of nitrogens with zero attached hydrogens (tertiary/aromatic N) is 1. The highest BCUT2D eigenvalue weighted by molar-refractivity contribution is 7.89. The normalized spacial score (nSPS) is 20.5. The second-order valence-electron chi connectivity index (χ2n) is 9.28. The number of hydrogen-bond donors (Lipinski definition) is 2. The van der Waals surface area contributed by atoms with Crippen LogP contribution in [-0.2, 0) is 16.6 Å². The number of carbonyl (C=O) groups is 1. The van der Waals surface area contributed by atoms with Crippen LogP contribution in [0.25, 0.3) is 0 Å². The lowest BCUT2D eigenvalue weighted by Crippen LogP contribution is -2.56. The number of amides is 1. The fraction of sp³-hybridized carbons (Fsp3) is 0.522. The molecule has 1 aromatic carbocycles. The molecule has 0 spiro atoms. The maximum absolute atomic E-state index is 12.8. The first-order valence-electron chi connectivity index (χ1n) is 10.7. The van der Waals surface area contributed by atoms with Crippen molar-refractivity contribution >= 4 is 27.3 Å². The second kappa shape index (κ2) is 9.81. The number of benzene rings is 1. The lowest BCUT2D eigenvalue weighted by atomic mass is 9.88. The van der Waals surface area contributed by atoms with Crippen molar-refractivity contribution in [2.24, 2.45) is 11.8 Å². The average Bonchev–Trinajstić information content (AvgIpc) is 3.24. The summed E-state index contributed by atoms with van der Waals surface area (Å²) in [5, 5.41) is 4.91. The van der Waals surface area contributed by atoms with Gasteiger partial charge in [0.25, 0.3) is 5.91 Å². The third kappa shape index (κ3) is 6.38. The lowest BCUT2D eigenvalue weighted by molar-refractivity contribution is 0.0445. The number of hydrogen-bond acceptors (Lipinski definition) is 5. The quantitative estimate of drug-likeness (QED) is 0.626. The van der Waals surface area contributed by atoms with Gasteiger partial charge >= 0.3 is 0 Å². The van der Waals surface area contributed by atoms with Crippen LogP contribution >= 0.6 is 11.3 Å². The summed E-state index contributed by atoms with van der Waals surface area (Å²) in [6, 6.07) is 9.95. The van der Waals surface area contributed by atoms with E-state index in [-0.39, 0.29) is 22.9 Å². The average molecular weight is 464 g/mol. The minimum absolute atomic E-state index is 0.0923. The Kier molecular flexibility index (Phi) is 7.57. The van der Waals surface area contributed by atoms with Crippen molar-refractivity contribution in [3.8, 4) is 0 Å². The third-order valence-electron chi connectivity index (χ3n) is 5.83. The van der Waals surface area contributed by atoms with Crippen molar-refractivity contribution in [3.05, 3.63) is 52.2 Å². The summed E-state index contributed by atoms with van der Waals surface area (Å²) >= 11 is 1.49. The summed E-state index contributed by atoms with van der Waals surface area (Å²) < 4.78 is 27.9. The molecule has 1 saturated heterocycles. The Bertz CT molecular complexity index is 977. The zero-order valence-corrected chi connectivity index (χ0v) is 20.4. The van der Waals surface area contributed by atoms with Crippen LogP contribution in [0, 0.1) is 11.8 Å². The van der Waals surface area contributed by atoms with Crippen LogP contribution in [0.1, 0.15) is 49.4 Å². The first kappa shape index (κ1) is 23.9. The molecule has 6 nitrogen and oxygen atoms in total. The topological polar surface area (TPSA) is 78.5 Å². The SMILES string of the molecule is CC1CC(C)CN(C(C)(C)CNC(=O)c2cccc(S(=O)(=O)NCc3cccs3)c2)C1. The zero-order chi connectivity index (χ0) is 22.6. The monoisotopic (exact) mass is 463 g/mol. The molecule has 1 aliphatic rings. The Morgan fingerprint density at radius 3 is 2.52 bits per heavy atom. The molecule has 2 N–H and O–H groups in total. The van der Waals surface area contributed by atoms with Crippen molar-refractivity contribution in [3.63, 3.8) is 0 Å². The van der Waals surface area contributed by atoms with Gasteiger partial charge in [-0.05, 0) is 61.7 Å². The van der Waals surface area contributed by atoms with Gasteiger partial charge in [-0.2, -0.15) is 0 Å². The van der Waals surface area contributed by atoms with E-state index in [2.05, 4.69) is 42.6 Å². The number of sulfonamides is 1. The Morgan fingerprint density at radius 1 is 1.16 bits per heavy atom. The summed E-state index contributed by atoms with van der Waals surface area (Å²) in [5.41, 5.74) is 0.167. The number of rotatable bonds is 8. The number of thiophene rings is 1. The minimum atomic E-state index is -3.70. The Labute approximate surface area is 190 Å². The molecule has 0 saturated carbocycles. The van der Waals surface area contributed by atoms with Crippen molar-refractivity contribution in [1.29, 1.82) is 0 Å². The summed E-state index contributed by atoms with van der Waals surface area (Å²) in [6.07, 6.45) is 1.24. The molecule has 1 aromatic heterocycles. The van der Waals surface area contributed by atoms with E-state index < -0.39 is 10.0 Å². The van der Waals surface area contributed by atoms with Gasteiger partial charge in [-0.1, -0.05) is 26.0 Å². The van der Waals surface area contributed by atoms with Crippen LogP contribution in [0.4, 0.5) is 0 Å². The molecule has 8 heteroatoms. The molecule has 2 aromatic rings. The van der Waals surface area contributed by atoms with E-state index in [0.29, 0.717) is 23.9 Å². The Hall–Kier alpha value is -1.74. The molecule has 31 heavy (non-hydrogen) atoms. The fourth-order valence-corrected chi connectivity index (χ4v) is 5.92. The zero-order valence-electron chi connectivity index (χ0n) is 18.7. The van der Waals surface area contributed by atoms with Gasteiger partial charge in [0.15, 0.2) is 0 Å². The smallest absolute Gasteiger partial charge is 0.251 e. The third-order valence-corrected chi connectivity index (χ3v) is 8.10. The van der Waals surface area contributed by atoms with Gasteiger partial charge in [0.1, 0.15) is 0 Å². The predicted molar refractivity (Wildman–Crippen MR) is 126 cm³/mol. The summed E-state index contributed by atoms with van der Waals surface area (Å²) in [4.78, 5) is 16.3. The molecular weight excluding hydrogens is 430 g/mol. The molecule has 1 amide bonds. The molecular formula is C23H33N3O3S2. The minimum Gasteiger partial charge on any atom is -0.350 e. The molecule has 3 rings (SSSR count). The summed E-state index contributed by atoms with van der Waals surface area (Å²) in [5.74, 6) is 1.02. The van der Waals surface area contributed by atoms with Crippen LogP contribution in [0.5, 0.6) is 0 Å². The first-order chi connectivity index (χ1) is 14.6. The molecule has 0 radical (unpaired) electrons. The van der Waals surface area contributed by atoms with Crippen LogP contribution in [0.2, 0.25) is 0 Å². The van der Waals surface area contributed by atoms with Crippen LogP contribution in [-0.4, -0.2) is 44.4 Å². The molecule has 0 aliphatic carbocycles. The maximum Gasteiger partial charge on any atom is 0.251 e. The van der Waals surface area contributed by atoms with Gasteiger partial charge in [-0.25, -0.2) is 13.1 Å². The second-order valence-corrected chi connectivity index (χ2v) is 12.1. The number of piperidine rings is 1. The van der Waals surface area contributed by atoms with Gasteiger partial charge in [0.2, 0.25) is 10.0 Å². The van der Waals surface area contributed by atoms with Crippen molar-refractivity contribution in [2.45, 2.75) is 51.1 Å². The van der Waals surface area contributed by atoms with E-state index in [4.69, 9.17) is 0 Å².